The van der Waals surface area contributed by atoms with Gasteiger partial charge in [-0.25, -0.2) is 0 Å². The van der Waals surface area contributed by atoms with Crippen LogP contribution in [0.1, 0.15) is 37.9 Å². The van der Waals surface area contributed by atoms with Crippen molar-refractivity contribution < 1.29 is 9.29 Å². The lowest BCUT2D eigenvalue weighted by Crippen LogP contribution is -2.43. The minimum Gasteiger partial charge on any atom is -0.598 e. The molecule has 0 saturated carbocycles. The summed E-state index contributed by atoms with van der Waals surface area (Å²) in [5, 5.41) is 0. The molecule has 1 aliphatic rings. The number of nitrogens with one attached hydrogen (secondary N) is 1. The molecular formula is C13H19NO2S. The van der Waals surface area contributed by atoms with Gasteiger partial charge in [-0.2, -0.15) is 0 Å². The fourth-order valence-corrected chi connectivity index (χ4v) is 2.59. The zero-order chi connectivity index (χ0) is 12.5. The average Bonchev–Trinajstić information content (AvgIpc) is 2.28. The largest absolute Gasteiger partial charge is 0.598 e. The highest BCUT2D eigenvalue weighted by Crippen LogP contribution is 2.26. The van der Waals surface area contributed by atoms with Crippen molar-refractivity contribution in [3.05, 3.63) is 35.4 Å². The highest BCUT2D eigenvalue weighted by molar-refractivity contribution is 7.90. The molecule has 1 heterocycles. The lowest BCUT2D eigenvalue weighted by molar-refractivity contribution is 0.0881. The second kappa shape index (κ2) is 4.98. The molecule has 2 rings (SSSR count). The molecular weight excluding hydrogens is 234 g/mol. The van der Waals surface area contributed by atoms with E-state index in [4.69, 9.17) is 4.74 Å². The van der Waals surface area contributed by atoms with Crippen LogP contribution in [0.5, 0.6) is 0 Å². The summed E-state index contributed by atoms with van der Waals surface area (Å²) in [4.78, 5) is 0. The average molecular weight is 253 g/mol. The van der Waals surface area contributed by atoms with E-state index in [1.54, 1.807) is 0 Å². The van der Waals surface area contributed by atoms with Crippen molar-refractivity contribution in [3.8, 4) is 0 Å². The van der Waals surface area contributed by atoms with E-state index in [-0.39, 0.29) is 10.8 Å². The Hall–Kier alpha value is -0.550. The Morgan fingerprint density at radius 2 is 2.06 bits per heavy atom. The summed E-state index contributed by atoms with van der Waals surface area (Å²) in [6.45, 7) is 7.12. The van der Waals surface area contributed by atoms with E-state index < -0.39 is 11.4 Å². The van der Waals surface area contributed by atoms with Gasteiger partial charge in [0.1, 0.15) is 10.8 Å². The van der Waals surface area contributed by atoms with E-state index in [0.717, 1.165) is 0 Å². The van der Waals surface area contributed by atoms with Crippen LogP contribution in [-0.4, -0.2) is 15.9 Å². The highest BCUT2D eigenvalue weighted by Gasteiger charge is 2.31. The van der Waals surface area contributed by atoms with E-state index in [1.165, 1.54) is 11.1 Å². The standard InChI is InChI=1S/C13H19NO2S/c1-13(2,3)17(15)14-12-9-16-8-10-6-4-5-7-11(10)12/h4-7,12,14H,8-9H2,1-3H3/t12-,17?/m1/s1. The molecule has 1 unspecified atom stereocenters. The van der Waals surface area contributed by atoms with E-state index in [0.29, 0.717) is 13.2 Å². The van der Waals surface area contributed by atoms with Crippen molar-refractivity contribution in [3.63, 3.8) is 0 Å². The Bertz CT molecular complexity index is 389. The summed E-state index contributed by atoms with van der Waals surface area (Å²) in [6.07, 6.45) is 0. The van der Waals surface area contributed by atoms with Crippen LogP contribution in [0.4, 0.5) is 0 Å². The first-order chi connectivity index (χ1) is 7.98. The Morgan fingerprint density at radius 3 is 2.76 bits per heavy atom. The van der Waals surface area contributed by atoms with E-state index in [9.17, 15) is 4.55 Å². The third-order valence-corrected chi connectivity index (χ3v) is 4.39. The minimum atomic E-state index is -1.07. The maximum absolute atomic E-state index is 12.1. The van der Waals surface area contributed by atoms with Crippen LogP contribution >= 0.6 is 0 Å². The molecule has 0 fully saturated rings. The molecule has 0 aliphatic carbocycles. The second-order valence-corrected chi connectivity index (χ2v) is 7.26. The summed E-state index contributed by atoms with van der Waals surface area (Å²) in [6, 6.07) is 8.18. The zero-order valence-electron chi connectivity index (χ0n) is 10.5. The van der Waals surface area contributed by atoms with Crippen molar-refractivity contribution in [1.29, 1.82) is 0 Å². The van der Waals surface area contributed by atoms with E-state index >= 15 is 0 Å². The highest BCUT2D eigenvalue weighted by atomic mass is 32.2. The van der Waals surface area contributed by atoms with Gasteiger partial charge >= 0.3 is 0 Å². The van der Waals surface area contributed by atoms with Crippen molar-refractivity contribution in [2.24, 2.45) is 0 Å². The summed E-state index contributed by atoms with van der Waals surface area (Å²) < 4.78 is 20.5. The molecule has 0 radical (unpaired) electrons. The second-order valence-electron chi connectivity index (χ2n) is 5.27. The molecule has 0 bridgehead atoms. The molecule has 1 aromatic rings. The molecule has 0 amide bonds. The predicted molar refractivity (Wildman–Crippen MR) is 69.9 cm³/mol. The quantitative estimate of drug-likeness (QED) is 0.823. The van der Waals surface area contributed by atoms with Crippen LogP contribution in [0.3, 0.4) is 0 Å². The van der Waals surface area contributed by atoms with E-state index in [2.05, 4.69) is 16.9 Å². The molecule has 0 aromatic heterocycles. The first-order valence-electron chi connectivity index (χ1n) is 5.82. The van der Waals surface area contributed by atoms with Crippen LogP contribution in [0.15, 0.2) is 24.3 Å². The molecule has 4 heteroatoms. The molecule has 1 aliphatic heterocycles. The number of ether oxygens (including phenoxy) is 1. The molecule has 2 atom stereocenters. The SMILES string of the molecule is CC(C)(C)[S+]([O-])N[C@@H]1COCc2ccccc21. The lowest BCUT2D eigenvalue weighted by Gasteiger charge is -2.31. The first-order valence-corrected chi connectivity index (χ1v) is 6.97. The van der Waals surface area contributed by atoms with Crippen LogP contribution in [0, 0.1) is 0 Å². The van der Waals surface area contributed by atoms with Crippen LogP contribution in [-0.2, 0) is 22.7 Å². The van der Waals surface area contributed by atoms with Gasteiger partial charge in [0.25, 0.3) is 0 Å². The number of hydrogen-bond donors (Lipinski definition) is 1. The van der Waals surface area contributed by atoms with Crippen molar-refractivity contribution in [2.75, 3.05) is 6.61 Å². The summed E-state index contributed by atoms with van der Waals surface area (Å²) in [7, 11) is 0. The lowest BCUT2D eigenvalue weighted by atomic mass is 10.0. The minimum absolute atomic E-state index is 0.0278. The monoisotopic (exact) mass is 253 g/mol. The molecule has 0 saturated heterocycles. The normalized spacial score (nSPS) is 22.0. The van der Waals surface area contributed by atoms with Gasteiger partial charge in [-0.3, -0.25) is 0 Å². The fraction of sp³-hybridized carbons (Fsp3) is 0.538. The van der Waals surface area contributed by atoms with Gasteiger partial charge in [0.15, 0.2) is 0 Å². The van der Waals surface area contributed by atoms with Crippen molar-refractivity contribution >= 4 is 11.4 Å². The van der Waals surface area contributed by atoms with Crippen LogP contribution < -0.4 is 4.72 Å². The number of benzene rings is 1. The van der Waals surface area contributed by atoms with Crippen molar-refractivity contribution in [2.45, 2.75) is 38.2 Å². The van der Waals surface area contributed by atoms with Crippen molar-refractivity contribution in [1.82, 2.24) is 4.72 Å². The van der Waals surface area contributed by atoms with E-state index in [1.807, 2.05) is 32.9 Å². The molecule has 0 spiro atoms. The zero-order valence-corrected chi connectivity index (χ0v) is 11.3. The summed E-state index contributed by atoms with van der Waals surface area (Å²) in [5.74, 6) is 0. The Kier molecular flexibility index (Phi) is 3.78. The molecule has 94 valence electrons. The van der Waals surface area contributed by atoms with Gasteiger partial charge in [0.2, 0.25) is 0 Å². The smallest absolute Gasteiger partial charge is 0.136 e. The predicted octanol–water partition coefficient (Wildman–Crippen LogP) is 2.31. The Morgan fingerprint density at radius 1 is 1.35 bits per heavy atom. The summed E-state index contributed by atoms with van der Waals surface area (Å²) in [5.41, 5.74) is 2.39. The molecule has 3 nitrogen and oxygen atoms in total. The fourth-order valence-electron chi connectivity index (χ4n) is 1.79. The third-order valence-electron chi connectivity index (χ3n) is 2.78. The number of fused-ring (bicyclic) bond motifs is 1. The maximum Gasteiger partial charge on any atom is 0.136 e. The molecule has 1 N–H and O–H groups in total. The molecule has 1 aromatic carbocycles. The number of hydrogen-bond acceptors (Lipinski definition) is 3. The van der Waals surface area contributed by atoms with Gasteiger partial charge in [-0.15, -0.1) is 4.72 Å². The third kappa shape index (κ3) is 3.01. The van der Waals surface area contributed by atoms with Gasteiger partial charge < -0.3 is 9.29 Å². The Balaban J connectivity index is 2.14. The van der Waals surface area contributed by atoms with Crippen LogP contribution in [0.25, 0.3) is 0 Å². The number of rotatable bonds is 2. The molecule has 17 heavy (non-hydrogen) atoms. The topological polar surface area (TPSA) is 44.3 Å². The van der Waals surface area contributed by atoms with Gasteiger partial charge in [-0.05, 0) is 31.9 Å². The maximum atomic E-state index is 12.1. The van der Waals surface area contributed by atoms with Crippen LogP contribution in [0.2, 0.25) is 0 Å². The Labute approximate surface area is 106 Å². The van der Waals surface area contributed by atoms with Gasteiger partial charge in [0.05, 0.1) is 13.2 Å². The van der Waals surface area contributed by atoms with Gasteiger partial charge in [-0.1, -0.05) is 24.3 Å². The first kappa shape index (κ1) is 12.9. The summed E-state index contributed by atoms with van der Waals surface area (Å²) >= 11 is -1.07. The van der Waals surface area contributed by atoms with Gasteiger partial charge in [0, 0.05) is 11.4 Å².